The molecular formula is C15H11Cl4NO. The molecule has 0 atom stereocenters. The van der Waals surface area contributed by atoms with E-state index in [0.717, 1.165) is 5.56 Å². The van der Waals surface area contributed by atoms with E-state index in [0.29, 0.717) is 38.6 Å². The average molecular weight is 363 g/mol. The van der Waals surface area contributed by atoms with Crippen LogP contribution in [0.2, 0.25) is 20.1 Å². The van der Waals surface area contributed by atoms with Gasteiger partial charge in [0.25, 0.3) is 0 Å². The molecule has 0 aliphatic carbocycles. The Hall–Kier alpha value is -0.930. The molecule has 0 saturated heterocycles. The van der Waals surface area contributed by atoms with Gasteiger partial charge in [-0.25, -0.2) is 0 Å². The van der Waals surface area contributed by atoms with Crippen LogP contribution in [-0.2, 0) is 11.2 Å². The van der Waals surface area contributed by atoms with E-state index in [1.54, 1.807) is 30.3 Å². The number of aryl methyl sites for hydroxylation is 1. The number of nitrogens with one attached hydrogen (secondary N) is 1. The lowest BCUT2D eigenvalue weighted by molar-refractivity contribution is -0.116. The highest BCUT2D eigenvalue weighted by atomic mass is 35.5. The van der Waals surface area contributed by atoms with Crippen molar-refractivity contribution in [3.05, 3.63) is 62.1 Å². The summed E-state index contributed by atoms with van der Waals surface area (Å²) in [7, 11) is 0. The zero-order valence-corrected chi connectivity index (χ0v) is 13.8. The van der Waals surface area contributed by atoms with Crippen LogP contribution in [0.15, 0.2) is 36.4 Å². The highest BCUT2D eigenvalue weighted by molar-refractivity contribution is 6.42. The van der Waals surface area contributed by atoms with Crippen molar-refractivity contribution < 1.29 is 4.79 Å². The maximum absolute atomic E-state index is 11.9. The zero-order valence-electron chi connectivity index (χ0n) is 10.8. The third kappa shape index (κ3) is 4.79. The van der Waals surface area contributed by atoms with Crippen molar-refractivity contribution in [2.75, 3.05) is 5.32 Å². The molecular weight excluding hydrogens is 352 g/mol. The molecule has 0 aromatic heterocycles. The Morgan fingerprint density at radius 1 is 0.857 bits per heavy atom. The van der Waals surface area contributed by atoms with E-state index in [1.807, 2.05) is 6.07 Å². The average Bonchev–Trinajstić information content (AvgIpc) is 2.44. The molecule has 6 heteroatoms. The molecule has 1 amide bonds. The molecule has 2 aromatic carbocycles. The van der Waals surface area contributed by atoms with Gasteiger partial charge in [-0.1, -0.05) is 52.5 Å². The number of benzene rings is 2. The summed E-state index contributed by atoms with van der Waals surface area (Å²) >= 11 is 23.5. The molecule has 110 valence electrons. The lowest BCUT2D eigenvalue weighted by Crippen LogP contribution is -2.12. The summed E-state index contributed by atoms with van der Waals surface area (Å²) in [4.78, 5) is 11.9. The quantitative estimate of drug-likeness (QED) is 0.723. The van der Waals surface area contributed by atoms with Gasteiger partial charge in [0.05, 0.1) is 20.1 Å². The van der Waals surface area contributed by atoms with Gasteiger partial charge in [-0.05, 0) is 42.3 Å². The van der Waals surface area contributed by atoms with Gasteiger partial charge in [0.1, 0.15) is 0 Å². The highest BCUT2D eigenvalue weighted by Gasteiger charge is 2.06. The predicted molar refractivity (Wildman–Crippen MR) is 89.9 cm³/mol. The van der Waals surface area contributed by atoms with Crippen LogP contribution in [0, 0.1) is 0 Å². The Bertz CT molecular complexity index is 673. The number of amides is 1. The molecule has 2 aromatic rings. The van der Waals surface area contributed by atoms with E-state index < -0.39 is 0 Å². The topological polar surface area (TPSA) is 29.1 Å². The number of hydrogen-bond donors (Lipinski definition) is 1. The van der Waals surface area contributed by atoms with E-state index in [1.165, 1.54) is 0 Å². The third-order valence-electron chi connectivity index (χ3n) is 2.83. The Balaban J connectivity index is 1.92. The molecule has 0 spiro atoms. The fraction of sp³-hybridized carbons (Fsp3) is 0.133. The summed E-state index contributed by atoms with van der Waals surface area (Å²) in [6, 6.07) is 10.3. The maximum Gasteiger partial charge on any atom is 0.224 e. The molecule has 0 aliphatic heterocycles. The molecule has 0 aliphatic rings. The van der Waals surface area contributed by atoms with Crippen LogP contribution in [0.1, 0.15) is 12.0 Å². The van der Waals surface area contributed by atoms with E-state index >= 15 is 0 Å². The fourth-order valence-electron chi connectivity index (χ4n) is 1.75. The number of carbonyl (C=O) groups is 1. The van der Waals surface area contributed by atoms with E-state index in [2.05, 4.69) is 5.32 Å². The first-order chi connectivity index (χ1) is 9.95. The standard InChI is InChI=1S/C15H11Cl4NO/c16-11-4-1-9(7-13(11)18)2-6-15(21)20-10-3-5-12(17)14(19)8-10/h1,3-5,7-8H,2,6H2,(H,20,21). The molecule has 21 heavy (non-hydrogen) atoms. The Morgan fingerprint density at radius 3 is 2.10 bits per heavy atom. The second-order valence-corrected chi connectivity index (χ2v) is 6.05. The minimum atomic E-state index is -0.112. The summed E-state index contributed by atoms with van der Waals surface area (Å²) < 4.78 is 0. The van der Waals surface area contributed by atoms with Crippen LogP contribution >= 0.6 is 46.4 Å². The number of halogens is 4. The maximum atomic E-state index is 11.9. The summed E-state index contributed by atoms with van der Waals surface area (Å²) in [5, 5.41) is 4.60. The van der Waals surface area contributed by atoms with Gasteiger partial charge in [-0.15, -0.1) is 0 Å². The monoisotopic (exact) mass is 361 g/mol. The lowest BCUT2D eigenvalue weighted by Gasteiger charge is -2.07. The molecule has 0 saturated carbocycles. The first-order valence-electron chi connectivity index (χ1n) is 6.14. The minimum Gasteiger partial charge on any atom is -0.326 e. The second-order valence-electron chi connectivity index (χ2n) is 4.43. The van der Waals surface area contributed by atoms with Gasteiger partial charge >= 0.3 is 0 Å². The van der Waals surface area contributed by atoms with Crippen LogP contribution < -0.4 is 5.32 Å². The Morgan fingerprint density at radius 2 is 1.48 bits per heavy atom. The van der Waals surface area contributed by atoms with Gasteiger partial charge in [0.2, 0.25) is 5.91 Å². The number of anilines is 1. The van der Waals surface area contributed by atoms with E-state index in [9.17, 15) is 4.79 Å². The second kappa shape index (κ2) is 7.37. The number of rotatable bonds is 4. The van der Waals surface area contributed by atoms with Crippen molar-refractivity contribution in [3.63, 3.8) is 0 Å². The first kappa shape index (κ1) is 16.4. The van der Waals surface area contributed by atoms with Crippen molar-refractivity contribution in [1.82, 2.24) is 0 Å². The van der Waals surface area contributed by atoms with Crippen molar-refractivity contribution in [3.8, 4) is 0 Å². The van der Waals surface area contributed by atoms with Gasteiger partial charge in [-0.2, -0.15) is 0 Å². The van der Waals surface area contributed by atoms with Gasteiger partial charge in [0.15, 0.2) is 0 Å². The molecule has 0 bridgehead atoms. The molecule has 2 rings (SSSR count). The normalized spacial score (nSPS) is 10.5. The fourth-order valence-corrected chi connectivity index (χ4v) is 2.37. The van der Waals surface area contributed by atoms with E-state index in [4.69, 9.17) is 46.4 Å². The number of hydrogen-bond acceptors (Lipinski definition) is 1. The van der Waals surface area contributed by atoms with Crippen molar-refractivity contribution in [2.24, 2.45) is 0 Å². The zero-order chi connectivity index (χ0) is 15.4. The molecule has 0 heterocycles. The van der Waals surface area contributed by atoms with Crippen LogP contribution in [0.25, 0.3) is 0 Å². The first-order valence-corrected chi connectivity index (χ1v) is 7.66. The Labute approximate surface area is 143 Å². The predicted octanol–water partition coefficient (Wildman–Crippen LogP) is 5.87. The molecule has 1 N–H and O–H groups in total. The van der Waals surface area contributed by atoms with Crippen LogP contribution in [0.3, 0.4) is 0 Å². The van der Waals surface area contributed by atoms with Gasteiger partial charge in [0, 0.05) is 12.1 Å². The summed E-state index contributed by atoms with van der Waals surface area (Å²) in [5.41, 5.74) is 1.57. The Kier molecular flexibility index (Phi) is 5.77. The number of carbonyl (C=O) groups excluding carboxylic acids is 1. The van der Waals surface area contributed by atoms with Gasteiger partial charge < -0.3 is 5.32 Å². The van der Waals surface area contributed by atoms with Crippen LogP contribution in [-0.4, -0.2) is 5.91 Å². The molecule has 0 radical (unpaired) electrons. The SMILES string of the molecule is O=C(CCc1ccc(Cl)c(Cl)c1)Nc1ccc(Cl)c(Cl)c1. The molecule has 2 nitrogen and oxygen atoms in total. The van der Waals surface area contributed by atoms with Crippen LogP contribution in [0.5, 0.6) is 0 Å². The third-order valence-corrected chi connectivity index (χ3v) is 4.31. The van der Waals surface area contributed by atoms with Gasteiger partial charge in [-0.3, -0.25) is 4.79 Å². The summed E-state index contributed by atoms with van der Waals surface area (Å²) in [6.07, 6.45) is 0.905. The van der Waals surface area contributed by atoms with E-state index in [-0.39, 0.29) is 5.91 Å². The largest absolute Gasteiger partial charge is 0.326 e. The smallest absolute Gasteiger partial charge is 0.224 e. The molecule has 0 fully saturated rings. The van der Waals surface area contributed by atoms with Crippen molar-refractivity contribution in [2.45, 2.75) is 12.8 Å². The minimum absolute atomic E-state index is 0.112. The summed E-state index contributed by atoms with van der Waals surface area (Å²) in [5.74, 6) is -0.112. The lowest BCUT2D eigenvalue weighted by atomic mass is 10.1. The highest BCUT2D eigenvalue weighted by Crippen LogP contribution is 2.25. The molecule has 0 unspecified atom stereocenters. The van der Waals surface area contributed by atoms with Crippen molar-refractivity contribution >= 4 is 58.0 Å². The summed E-state index contributed by atoms with van der Waals surface area (Å²) in [6.45, 7) is 0. The van der Waals surface area contributed by atoms with Crippen LogP contribution in [0.4, 0.5) is 5.69 Å². The van der Waals surface area contributed by atoms with Crippen molar-refractivity contribution in [1.29, 1.82) is 0 Å².